The first-order chi connectivity index (χ1) is 18.2. The van der Waals surface area contributed by atoms with Crippen LogP contribution in [-0.4, -0.2) is 37.6 Å². The van der Waals surface area contributed by atoms with E-state index < -0.39 is 18.1 Å². The van der Waals surface area contributed by atoms with E-state index in [0.29, 0.717) is 32.1 Å². The van der Waals surface area contributed by atoms with Crippen LogP contribution in [0.4, 0.5) is 18.9 Å². The predicted molar refractivity (Wildman–Crippen MR) is 135 cm³/mol. The standard InChI is InChI=1S/C26H15BrF3N5O3/c27-19-5-1-4-18(13-19)24(36)35(38-25(37)26(28,29)30)20-6-2-3-17(14-20)22-9-12-32-23-15-21(33-34(22)23)16-7-10-31-11-8-16/h1-15H. The number of pyridine rings is 1. The van der Waals surface area contributed by atoms with Gasteiger partial charge in [-0.15, -0.1) is 5.06 Å². The minimum absolute atomic E-state index is 0.000114. The lowest BCUT2D eigenvalue weighted by Gasteiger charge is -2.22. The van der Waals surface area contributed by atoms with Gasteiger partial charge in [0, 0.05) is 45.8 Å². The summed E-state index contributed by atoms with van der Waals surface area (Å²) in [5, 5.41) is 4.94. The van der Waals surface area contributed by atoms with Crippen molar-refractivity contribution in [1.29, 1.82) is 0 Å². The van der Waals surface area contributed by atoms with Crippen LogP contribution in [-0.2, 0) is 9.63 Å². The highest BCUT2D eigenvalue weighted by Gasteiger charge is 2.44. The molecule has 0 radical (unpaired) electrons. The topological polar surface area (TPSA) is 89.7 Å². The Hall–Kier alpha value is -4.58. The lowest BCUT2D eigenvalue weighted by Crippen LogP contribution is -2.38. The zero-order valence-corrected chi connectivity index (χ0v) is 20.7. The van der Waals surface area contributed by atoms with E-state index in [4.69, 9.17) is 0 Å². The van der Waals surface area contributed by atoms with E-state index in [2.05, 4.69) is 35.8 Å². The van der Waals surface area contributed by atoms with Crippen LogP contribution in [0.1, 0.15) is 10.4 Å². The molecule has 8 nitrogen and oxygen atoms in total. The number of rotatable bonds is 4. The maximum atomic E-state index is 13.2. The Bertz CT molecular complexity index is 1660. The molecule has 0 saturated carbocycles. The predicted octanol–water partition coefficient (Wildman–Crippen LogP) is 5.89. The maximum Gasteiger partial charge on any atom is 0.493 e. The van der Waals surface area contributed by atoms with Crippen molar-refractivity contribution in [3.63, 3.8) is 0 Å². The first-order valence-corrected chi connectivity index (χ1v) is 11.7. The molecule has 0 fully saturated rings. The number of fused-ring (bicyclic) bond motifs is 1. The van der Waals surface area contributed by atoms with Gasteiger partial charge in [0.2, 0.25) is 0 Å². The van der Waals surface area contributed by atoms with E-state index in [9.17, 15) is 22.8 Å². The number of hydrogen-bond donors (Lipinski definition) is 0. The zero-order valence-electron chi connectivity index (χ0n) is 19.1. The van der Waals surface area contributed by atoms with Crippen LogP contribution >= 0.6 is 15.9 Å². The summed E-state index contributed by atoms with van der Waals surface area (Å²) in [6.07, 6.45) is -0.487. The molecule has 12 heteroatoms. The van der Waals surface area contributed by atoms with Crippen LogP contribution in [0.3, 0.4) is 0 Å². The number of alkyl halides is 3. The highest BCUT2D eigenvalue weighted by atomic mass is 79.9. The fraction of sp³-hybridized carbons (Fsp3) is 0.0385. The first-order valence-electron chi connectivity index (χ1n) is 11.0. The summed E-state index contributed by atoms with van der Waals surface area (Å²) in [5.41, 5.74) is 2.88. The molecule has 1 amide bonds. The third-order valence-electron chi connectivity index (χ3n) is 5.37. The molecule has 0 aliphatic heterocycles. The lowest BCUT2D eigenvalue weighted by molar-refractivity contribution is -0.199. The molecule has 0 aliphatic carbocycles. The van der Waals surface area contributed by atoms with Crippen LogP contribution in [0.5, 0.6) is 0 Å². The van der Waals surface area contributed by atoms with Crippen molar-refractivity contribution in [2.75, 3.05) is 5.06 Å². The van der Waals surface area contributed by atoms with E-state index >= 15 is 0 Å². The van der Waals surface area contributed by atoms with Gasteiger partial charge in [0.15, 0.2) is 5.65 Å². The first kappa shape index (κ1) is 25.1. The molecule has 0 saturated heterocycles. The van der Waals surface area contributed by atoms with Gasteiger partial charge in [0.1, 0.15) is 0 Å². The van der Waals surface area contributed by atoms with Crippen molar-refractivity contribution < 1.29 is 27.6 Å². The van der Waals surface area contributed by atoms with Crippen LogP contribution in [0.25, 0.3) is 28.2 Å². The van der Waals surface area contributed by atoms with Gasteiger partial charge in [0.05, 0.1) is 17.1 Å². The average Bonchev–Trinajstić information content (AvgIpc) is 3.36. The largest absolute Gasteiger partial charge is 0.493 e. The minimum atomic E-state index is -5.32. The molecule has 0 bridgehead atoms. The Labute approximate surface area is 221 Å². The summed E-state index contributed by atoms with van der Waals surface area (Å²) in [5.74, 6) is -3.51. The van der Waals surface area contributed by atoms with Crippen molar-refractivity contribution in [3.05, 3.63) is 101 Å². The second-order valence-corrected chi connectivity index (χ2v) is 8.82. The second-order valence-electron chi connectivity index (χ2n) is 7.90. The van der Waals surface area contributed by atoms with Crippen molar-refractivity contribution in [2.45, 2.75) is 6.18 Å². The van der Waals surface area contributed by atoms with E-state index in [1.165, 1.54) is 36.4 Å². The molecular weight excluding hydrogens is 567 g/mol. The van der Waals surface area contributed by atoms with Gasteiger partial charge in [-0.2, -0.15) is 18.3 Å². The van der Waals surface area contributed by atoms with Crippen molar-refractivity contribution in [2.24, 2.45) is 0 Å². The number of hydroxylamine groups is 1. The van der Waals surface area contributed by atoms with E-state index in [1.54, 1.807) is 59.5 Å². The monoisotopic (exact) mass is 581 g/mol. The Morgan fingerprint density at radius 2 is 1.66 bits per heavy atom. The Kier molecular flexibility index (Phi) is 6.64. The summed E-state index contributed by atoms with van der Waals surface area (Å²) in [6.45, 7) is 0. The molecule has 2 aromatic carbocycles. The van der Waals surface area contributed by atoms with Crippen LogP contribution in [0.2, 0.25) is 0 Å². The number of benzene rings is 2. The summed E-state index contributed by atoms with van der Waals surface area (Å²) in [7, 11) is 0. The maximum absolute atomic E-state index is 13.2. The molecule has 5 rings (SSSR count). The van der Waals surface area contributed by atoms with Gasteiger partial charge in [-0.05, 0) is 48.5 Å². The Morgan fingerprint density at radius 1 is 0.895 bits per heavy atom. The van der Waals surface area contributed by atoms with Crippen molar-refractivity contribution in [3.8, 4) is 22.5 Å². The molecule has 0 unspecified atom stereocenters. The van der Waals surface area contributed by atoms with Gasteiger partial charge >= 0.3 is 12.1 Å². The zero-order chi connectivity index (χ0) is 26.9. The smallest absolute Gasteiger partial charge is 0.324 e. The van der Waals surface area contributed by atoms with Gasteiger partial charge in [-0.3, -0.25) is 9.78 Å². The highest BCUT2D eigenvalue weighted by molar-refractivity contribution is 9.10. The number of carbonyl (C=O) groups is 2. The number of anilines is 1. The van der Waals surface area contributed by atoms with E-state index in [1.807, 2.05) is 0 Å². The number of amides is 1. The van der Waals surface area contributed by atoms with Gasteiger partial charge in [-0.1, -0.05) is 34.1 Å². The quantitative estimate of drug-likeness (QED) is 0.246. The third-order valence-corrected chi connectivity index (χ3v) is 5.87. The van der Waals surface area contributed by atoms with Crippen LogP contribution < -0.4 is 5.06 Å². The minimum Gasteiger partial charge on any atom is -0.324 e. The van der Waals surface area contributed by atoms with Crippen molar-refractivity contribution in [1.82, 2.24) is 19.6 Å². The Morgan fingerprint density at radius 3 is 2.39 bits per heavy atom. The molecule has 0 spiro atoms. The second kappa shape index (κ2) is 10.1. The summed E-state index contributed by atoms with van der Waals surface area (Å²) in [6, 6.07) is 19.0. The summed E-state index contributed by atoms with van der Waals surface area (Å²) < 4.78 is 41.3. The number of nitrogens with zero attached hydrogens (tertiary/aromatic N) is 5. The molecule has 3 heterocycles. The molecule has 0 N–H and O–H groups in total. The Balaban J connectivity index is 1.58. The molecule has 3 aromatic heterocycles. The normalized spacial score (nSPS) is 11.4. The average molecular weight is 582 g/mol. The van der Waals surface area contributed by atoms with Crippen LogP contribution in [0, 0.1) is 0 Å². The molecule has 190 valence electrons. The van der Waals surface area contributed by atoms with Gasteiger partial charge < -0.3 is 4.84 Å². The molecule has 5 aromatic rings. The number of carbonyl (C=O) groups excluding carboxylic acids is 2. The van der Waals surface area contributed by atoms with Gasteiger partial charge in [0.25, 0.3) is 5.91 Å². The summed E-state index contributed by atoms with van der Waals surface area (Å²) in [4.78, 5) is 37.8. The molecule has 0 aliphatic rings. The molecule has 38 heavy (non-hydrogen) atoms. The molecular formula is C26H15BrF3N5O3. The fourth-order valence-corrected chi connectivity index (χ4v) is 4.05. The highest BCUT2D eigenvalue weighted by Crippen LogP contribution is 2.29. The third kappa shape index (κ3) is 5.11. The van der Waals surface area contributed by atoms with E-state index in [0.717, 1.165) is 5.56 Å². The SMILES string of the molecule is O=C(c1cccc(Br)c1)N(OC(=O)C(F)(F)F)c1cccc(-c2ccnc3cc(-c4ccncc4)nn23)c1. The number of aromatic nitrogens is 4. The van der Waals surface area contributed by atoms with E-state index in [-0.39, 0.29) is 11.3 Å². The lowest BCUT2D eigenvalue weighted by atomic mass is 10.1. The molecule has 0 atom stereocenters. The van der Waals surface area contributed by atoms with Gasteiger partial charge in [-0.25, -0.2) is 14.3 Å². The fourth-order valence-electron chi connectivity index (χ4n) is 3.65. The van der Waals surface area contributed by atoms with Crippen LogP contribution in [0.15, 0.2) is 95.9 Å². The summed E-state index contributed by atoms with van der Waals surface area (Å²) >= 11 is 3.22. The number of halogens is 4. The van der Waals surface area contributed by atoms with Crippen molar-refractivity contribution >= 4 is 39.1 Å². The number of hydrogen-bond acceptors (Lipinski definition) is 6.